The number of rotatable bonds is 4. The highest BCUT2D eigenvalue weighted by atomic mass is 35.5. The minimum Gasteiger partial charge on any atom is -0.378 e. The van der Waals surface area contributed by atoms with Crippen LogP contribution in [-0.2, 0) is 4.74 Å². The Morgan fingerprint density at radius 2 is 2.35 bits per heavy atom. The molecule has 2 rings (SSSR count). The van der Waals surface area contributed by atoms with Crippen LogP contribution in [0.5, 0.6) is 0 Å². The minimum atomic E-state index is 0.0927. The fraction of sp³-hybridized carbons (Fsp3) is 0.571. The Morgan fingerprint density at radius 3 is 3.00 bits per heavy atom. The van der Waals surface area contributed by atoms with Crippen LogP contribution >= 0.6 is 11.6 Å². The highest BCUT2D eigenvalue weighted by Gasteiger charge is 2.17. The van der Waals surface area contributed by atoms with E-state index in [9.17, 15) is 0 Å². The maximum atomic E-state index is 6.19. The number of nitrogens with two attached hydrogens (primary N) is 1. The monoisotopic (exact) mass is 253 g/mol. The average Bonchev–Trinajstić information content (AvgIpc) is 2.82. The van der Waals surface area contributed by atoms with Crippen LogP contribution in [0.1, 0.15) is 42.9 Å². The van der Waals surface area contributed by atoms with Gasteiger partial charge in [-0.1, -0.05) is 23.7 Å². The van der Waals surface area contributed by atoms with Crippen LogP contribution in [0.4, 0.5) is 0 Å². The van der Waals surface area contributed by atoms with Crippen LogP contribution in [0, 0.1) is 6.92 Å². The molecular weight excluding hydrogens is 234 g/mol. The Bertz CT molecular complexity index is 374. The van der Waals surface area contributed by atoms with Crippen LogP contribution in [0.2, 0.25) is 5.02 Å². The van der Waals surface area contributed by atoms with Gasteiger partial charge in [-0.05, 0) is 49.8 Å². The van der Waals surface area contributed by atoms with Gasteiger partial charge in [0.2, 0.25) is 0 Å². The lowest BCUT2D eigenvalue weighted by atomic mass is 9.99. The second-order valence-electron chi connectivity index (χ2n) is 4.83. The summed E-state index contributed by atoms with van der Waals surface area (Å²) in [5.74, 6) is 0. The molecule has 0 aliphatic carbocycles. The van der Waals surface area contributed by atoms with Gasteiger partial charge in [0.25, 0.3) is 0 Å². The van der Waals surface area contributed by atoms with Crippen LogP contribution in [0.3, 0.4) is 0 Å². The van der Waals surface area contributed by atoms with Gasteiger partial charge in [0.1, 0.15) is 0 Å². The zero-order chi connectivity index (χ0) is 12.3. The molecule has 1 aliphatic heterocycles. The molecule has 1 heterocycles. The number of hydrogen-bond acceptors (Lipinski definition) is 2. The summed E-state index contributed by atoms with van der Waals surface area (Å²) in [7, 11) is 0. The van der Waals surface area contributed by atoms with Gasteiger partial charge in [0, 0.05) is 17.7 Å². The van der Waals surface area contributed by atoms with Crippen LogP contribution in [-0.4, -0.2) is 12.7 Å². The van der Waals surface area contributed by atoms with Gasteiger partial charge in [-0.25, -0.2) is 0 Å². The molecule has 17 heavy (non-hydrogen) atoms. The maximum Gasteiger partial charge on any atom is 0.0576 e. The van der Waals surface area contributed by atoms with Crippen LogP contribution in [0.15, 0.2) is 18.2 Å². The predicted molar refractivity (Wildman–Crippen MR) is 71.3 cm³/mol. The van der Waals surface area contributed by atoms with Gasteiger partial charge in [-0.2, -0.15) is 0 Å². The van der Waals surface area contributed by atoms with E-state index in [2.05, 4.69) is 6.07 Å². The number of halogens is 1. The Kier molecular flexibility index (Phi) is 4.43. The molecule has 0 saturated carbocycles. The average molecular weight is 254 g/mol. The van der Waals surface area contributed by atoms with Crippen molar-refractivity contribution in [3.05, 3.63) is 34.3 Å². The molecule has 1 aliphatic rings. The summed E-state index contributed by atoms with van der Waals surface area (Å²) in [6, 6.07) is 6.13. The Labute approximate surface area is 108 Å². The third kappa shape index (κ3) is 3.44. The number of benzene rings is 1. The summed E-state index contributed by atoms with van der Waals surface area (Å²) in [6.45, 7) is 2.93. The highest BCUT2D eigenvalue weighted by molar-refractivity contribution is 6.31. The first-order valence-corrected chi connectivity index (χ1v) is 6.68. The molecule has 0 radical (unpaired) electrons. The summed E-state index contributed by atoms with van der Waals surface area (Å²) >= 11 is 6.01. The first-order chi connectivity index (χ1) is 8.16. The fourth-order valence-corrected chi connectivity index (χ4v) is 2.42. The highest BCUT2D eigenvalue weighted by Crippen LogP contribution is 2.25. The summed E-state index contributed by atoms with van der Waals surface area (Å²) in [6.07, 6.45) is 4.84. The van der Waals surface area contributed by atoms with E-state index in [1.807, 2.05) is 19.1 Å². The molecular formula is C14H20ClNO. The summed E-state index contributed by atoms with van der Waals surface area (Å²) in [4.78, 5) is 0. The van der Waals surface area contributed by atoms with Crippen molar-refractivity contribution in [1.29, 1.82) is 0 Å². The van der Waals surface area contributed by atoms with E-state index in [1.165, 1.54) is 18.4 Å². The first kappa shape index (κ1) is 12.9. The molecule has 1 aromatic rings. The standard InChI is InChI=1S/C14H20ClNO/c1-10-9-11(4-6-13(10)15)14(16)7-5-12-3-2-8-17-12/h4,6,9,12,14H,2-3,5,7-8,16H2,1H3. The van der Waals surface area contributed by atoms with E-state index in [-0.39, 0.29) is 6.04 Å². The molecule has 3 heteroatoms. The Hall–Kier alpha value is -0.570. The van der Waals surface area contributed by atoms with Crippen molar-refractivity contribution in [3.63, 3.8) is 0 Å². The topological polar surface area (TPSA) is 35.2 Å². The summed E-state index contributed by atoms with van der Waals surface area (Å²) in [5, 5.41) is 0.806. The number of ether oxygens (including phenoxy) is 1. The number of hydrogen-bond donors (Lipinski definition) is 1. The first-order valence-electron chi connectivity index (χ1n) is 6.30. The van der Waals surface area contributed by atoms with Crippen molar-refractivity contribution in [1.82, 2.24) is 0 Å². The molecule has 0 spiro atoms. The Balaban J connectivity index is 1.89. The molecule has 2 atom stereocenters. The van der Waals surface area contributed by atoms with E-state index in [4.69, 9.17) is 22.1 Å². The lowest BCUT2D eigenvalue weighted by Crippen LogP contribution is -2.14. The molecule has 1 saturated heterocycles. The minimum absolute atomic E-state index is 0.0927. The van der Waals surface area contributed by atoms with Gasteiger partial charge < -0.3 is 10.5 Å². The zero-order valence-electron chi connectivity index (χ0n) is 10.3. The maximum absolute atomic E-state index is 6.19. The number of aryl methyl sites for hydroxylation is 1. The molecule has 2 N–H and O–H groups in total. The lowest BCUT2D eigenvalue weighted by molar-refractivity contribution is 0.101. The van der Waals surface area contributed by atoms with Gasteiger partial charge in [0.05, 0.1) is 6.10 Å². The van der Waals surface area contributed by atoms with Gasteiger partial charge in [-0.15, -0.1) is 0 Å². The molecule has 0 aromatic heterocycles. The van der Waals surface area contributed by atoms with E-state index in [1.54, 1.807) is 0 Å². The SMILES string of the molecule is Cc1cc(C(N)CCC2CCCO2)ccc1Cl. The normalized spacial score (nSPS) is 21.7. The fourth-order valence-electron chi connectivity index (χ4n) is 2.30. The quantitative estimate of drug-likeness (QED) is 0.890. The van der Waals surface area contributed by atoms with Crippen LogP contribution < -0.4 is 5.73 Å². The van der Waals surface area contributed by atoms with Gasteiger partial charge in [-0.3, -0.25) is 0 Å². The van der Waals surface area contributed by atoms with E-state index in [0.717, 1.165) is 30.0 Å². The van der Waals surface area contributed by atoms with Crippen molar-refractivity contribution in [2.75, 3.05) is 6.61 Å². The Morgan fingerprint density at radius 1 is 1.53 bits per heavy atom. The largest absolute Gasteiger partial charge is 0.378 e. The van der Waals surface area contributed by atoms with Crippen molar-refractivity contribution in [3.8, 4) is 0 Å². The zero-order valence-corrected chi connectivity index (χ0v) is 11.0. The predicted octanol–water partition coefficient (Wildman–Crippen LogP) is 3.61. The molecule has 0 bridgehead atoms. The molecule has 2 nitrogen and oxygen atoms in total. The van der Waals surface area contributed by atoms with Crippen LogP contribution in [0.25, 0.3) is 0 Å². The molecule has 2 unspecified atom stereocenters. The third-order valence-electron chi connectivity index (χ3n) is 3.43. The second kappa shape index (κ2) is 5.85. The molecule has 1 aromatic carbocycles. The summed E-state index contributed by atoms with van der Waals surface area (Å²) < 4.78 is 5.61. The van der Waals surface area contributed by atoms with Gasteiger partial charge >= 0.3 is 0 Å². The second-order valence-corrected chi connectivity index (χ2v) is 5.23. The van der Waals surface area contributed by atoms with Gasteiger partial charge in [0.15, 0.2) is 0 Å². The van der Waals surface area contributed by atoms with Crippen molar-refractivity contribution < 1.29 is 4.74 Å². The van der Waals surface area contributed by atoms with Crippen molar-refractivity contribution >= 4 is 11.6 Å². The lowest BCUT2D eigenvalue weighted by Gasteiger charge is -2.15. The summed E-state index contributed by atoms with van der Waals surface area (Å²) in [5.41, 5.74) is 8.46. The van der Waals surface area contributed by atoms with E-state index < -0.39 is 0 Å². The molecule has 1 fully saturated rings. The smallest absolute Gasteiger partial charge is 0.0576 e. The molecule has 94 valence electrons. The molecule has 0 amide bonds. The van der Waals surface area contributed by atoms with Crippen molar-refractivity contribution in [2.45, 2.75) is 44.8 Å². The van der Waals surface area contributed by atoms with E-state index >= 15 is 0 Å². The third-order valence-corrected chi connectivity index (χ3v) is 3.86. The van der Waals surface area contributed by atoms with E-state index in [0.29, 0.717) is 6.10 Å². The van der Waals surface area contributed by atoms with Crippen molar-refractivity contribution in [2.24, 2.45) is 5.73 Å².